The summed E-state index contributed by atoms with van der Waals surface area (Å²) >= 11 is 0. The van der Waals surface area contributed by atoms with Crippen molar-refractivity contribution in [2.75, 3.05) is 6.61 Å². The van der Waals surface area contributed by atoms with E-state index in [1.807, 2.05) is 0 Å². The van der Waals surface area contributed by atoms with Crippen LogP contribution in [0.4, 0.5) is 0 Å². The van der Waals surface area contributed by atoms with Crippen molar-refractivity contribution in [3.63, 3.8) is 0 Å². The predicted molar refractivity (Wildman–Crippen MR) is 124 cm³/mol. The number of carbonyl (C=O) groups is 1. The highest BCUT2D eigenvalue weighted by atomic mass is 16.7. The third kappa shape index (κ3) is 5.78. The molecule has 3 heterocycles. The summed E-state index contributed by atoms with van der Waals surface area (Å²) in [4.78, 5) is 23.5. The first-order valence-electron chi connectivity index (χ1n) is 11.8. The molecule has 0 unspecified atom stereocenters. The lowest BCUT2D eigenvalue weighted by Crippen LogP contribution is -2.66. The molecule has 0 aliphatic carbocycles. The minimum absolute atomic E-state index is 0.196. The van der Waals surface area contributed by atoms with E-state index in [4.69, 9.17) is 23.4 Å². The third-order valence-electron chi connectivity index (χ3n) is 6.48. The molecule has 0 bridgehead atoms. The van der Waals surface area contributed by atoms with Crippen LogP contribution in [0.15, 0.2) is 33.5 Å². The largest absolute Gasteiger partial charge is 0.462 e. The van der Waals surface area contributed by atoms with Crippen molar-refractivity contribution >= 4 is 16.9 Å². The van der Waals surface area contributed by atoms with Crippen molar-refractivity contribution in [2.24, 2.45) is 0 Å². The first-order valence-corrected chi connectivity index (χ1v) is 11.8. The summed E-state index contributed by atoms with van der Waals surface area (Å²) in [5.41, 5.74) is 0.424. The van der Waals surface area contributed by atoms with Crippen LogP contribution in [0.1, 0.15) is 19.4 Å². The fourth-order valence-electron chi connectivity index (χ4n) is 4.41. The van der Waals surface area contributed by atoms with E-state index in [9.17, 15) is 35.1 Å². The van der Waals surface area contributed by atoms with Gasteiger partial charge in [-0.1, -0.05) is 0 Å². The van der Waals surface area contributed by atoms with Gasteiger partial charge in [-0.05, 0) is 31.5 Å². The van der Waals surface area contributed by atoms with Gasteiger partial charge in [0, 0.05) is 24.4 Å². The van der Waals surface area contributed by atoms with Crippen molar-refractivity contribution in [1.29, 1.82) is 0 Å². The van der Waals surface area contributed by atoms with E-state index in [2.05, 4.69) is 5.32 Å². The van der Waals surface area contributed by atoms with E-state index in [0.29, 0.717) is 10.9 Å². The minimum atomic E-state index is -1.58. The summed E-state index contributed by atoms with van der Waals surface area (Å²) in [7, 11) is 0. The van der Waals surface area contributed by atoms with Crippen LogP contribution < -0.4 is 15.7 Å². The molecule has 13 nitrogen and oxygen atoms in total. The number of aryl methyl sites for hydroxylation is 1. The van der Waals surface area contributed by atoms with Gasteiger partial charge in [-0.3, -0.25) is 4.79 Å². The SMILES string of the molecule is CC(=O)N[C@H]1[C@H](Oc2ccc3c(C)cc(=O)oc3c2)O[C@H](CO[C@H]2O[C@H](C)[C@H](O)[C@H](O)[C@H]2O)[C@@H](O)[C@@H]1O. The molecule has 0 spiro atoms. The van der Waals surface area contributed by atoms with E-state index in [0.717, 1.165) is 0 Å². The van der Waals surface area contributed by atoms with Gasteiger partial charge in [0.05, 0.1) is 12.7 Å². The average molecular weight is 526 g/mol. The smallest absolute Gasteiger partial charge is 0.336 e. The van der Waals surface area contributed by atoms with Gasteiger partial charge in [0.25, 0.3) is 0 Å². The Morgan fingerprint density at radius 2 is 1.70 bits per heavy atom. The second-order valence-electron chi connectivity index (χ2n) is 9.29. The number of aliphatic hydroxyl groups is 5. The van der Waals surface area contributed by atoms with E-state index < -0.39 is 79.5 Å². The fraction of sp³-hybridized carbons (Fsp3) is 0.583. The number of hydrogen-bond acceptors (Lipinski definition) is 12. The number of amides is 1. The summed E-state index contributed by atoms with van der Waals surface area (Å²) < 4.78 is 27.8. The Labute approximate surface area is 211 Å². The Kier molecular flexibility index (Phi) is 8.16. The lowest BCUT2D eigenvalue weighted by Gasteiger charge is -2.43. The number of fused-ring (bicyclic) bond motifs is 1. The van der Waals surface area contributed by atoms with Crippen molar-refractivity contribution in [3.05, 3.63) is 40.2 Å². The van der Waals surface area contributed by atoms with Crippen molar-refractivity contribution in [2.45, 2.75) is 82.1 Å². The molecular weight excluding hydrogens is 494 g/mol. The van der Waals surface area contributed by atoms with Crippen LogP contribution in [0.25, 0.3) is 11.0 Å². The molecule has 10 atom stereocenters. The second kappa shape index (κ2) is 11.0. The van der Waals surface area contributed by atoms with Crippen LogP contribution in [-0.4, -0.2) is 99.4 Å². The molecule has 0 saturated carbocycles. The van der Waals surface area contributed by atoms with E-state index >= 15 is 0 Å². The fourth-order valence-corrected chi connectivity index (χ4v) is 4.41. The monoisotopic (exact) mass is 525 g/mol. The molecule has 13 heteroatoms. The van der Waals surface area contributed by atoms with Gasteiger partial charge in [0.15, 0.2) is 6.29 Å². The average Bonchev–Trinajstić information content (AvgIpc) is 2.83. The first kappa shape index (κ1) is 27.4. The maximum atomic E-state index is 11.8. The predicted octanol–water partition coefficient (Wildman–Crippen LogP) is -1.72. The van der Waals surface area contributed by atoms with Crippen molar-refractivity contribution in [1.82, 2.24) is 5.32 Å². The van der Waals surface area contributed by atoms with Gasteiger partial charge in [0.2, 0.25) is 12.2 Å². The molecule has 37 heavy (non-hydrogen) atoms. The van der Waals surface area contributed by atoms with Crippen LogP contribution in [0.2, 0.25) is 0 Å². The van der Waals surface area contributed by atoms with Gasteiger partial charge in [-0.25, -0.2) is 4.79 Å². The maximum Gasteiger partial charge on any atom is 0.336 e. The highest BCUT2D eigenvalue weighted by molar-refractivity contribution is 5.81. The number of hydrogen-bond donors (Lipinski definition) is 6. The van der Waals surface area contributed by atoms with Gasteiger partial charge in [-0.15, -0.1) is 0 Å². The summed E-state index contributed by atoms with van der Waals surface area (Å²) in [6.07, 6.45) is -12.2. The molecule has 2 aliphatic heterocycles. The highest BCUT2D eigenvalue weighted by Crippen LogP contribution is 2.29. The Morgan fingerprint density at radius 1 is 0.973 bits per heavy atom. The van der Waals surface area contributed by atoms with Crippen molar-refractivity contribution < 1.29 is 53.7 Å². The molecule has 4 rings (SSSR count). The normalized spacial score (nSPS) is 36.3. The number of aliphatic hydroxyl groups excluding tert-OH is 5. The quantitative estimate of drug-likeness (QED) is 0.234. The molecule has 6 N–H and O–H groups in total. The molecule has 1 aromatic heterocycles. The molecule has 0 radical (unpaired) electrons. The number of carbonyl (C=O) groups excluding carboxylic acids is 1. The number of benzene rings is 1. The molecule has 204 valence electrons. The molecular formula is C24H31NO12. The summed E-state index contributed by atoms with van der Waals surface area (Å²) in [5, 5.41) is 54.6. The summed E-state index contributed by atoms with van der Waals surface area (Å²) in [5.74, 6) is -0.314. The Morgan fingerprint density at radius 3 is 2.41 bits per heavy atom. The molecule has 2 aliphatic rings. The second-order valence-corrected chi connectivity index (χ2v) is 9.29. The molecule has 1 amide bonds. The number of rotatable bonds is 6. The van der Waals surface area contributed by atoms with Crippen LogP contribution in [0.3, 0.4) is 0 Å². The van der Waals surface area contributed by atoms with Crippen molar-refractivity contribution in [3.8, 4) is 5.75 Å². The zero-order valence-corrected chi connectivity index (χ0v) is 20.4. The Balaban J connectivity index is 1.53. The van der Waals surface area contributed by atoms with Crippen LogP contribution in [-0.2, 0) is 19.0 Å². The van der Waals surface area contributed by atoms with Gasteiger partial charge < -0.3 is 54.2 Å². The zero-order valence-electron chi connectivity index (χ0n) is 20.4. The molecule has 2 fully saturated rings. The molecule has 1 aromatic carbocycles. The standard InChI is InChI=1S/C24H31NO12/c1-9-6-16(27)36-14-7-12(4-5-13(9)14)35-23-17(25-11(3)26)20(30)19(29)15(37-23)8-33-24-22(32)21(31)18(28)10(2)34-24/h4-7,10,15,17-24,28-32H,8H2,1-3H3,(H,25,26)/t10-,15-,17-,18+,19-,20-,21+,22-,23-,24+/m1/s1. The topological polar surface area (TPSA) is 197 Å². The number of ether oxygens (including phenoxy) is 4. The molecule has 2 aromatic rings. The van der Waals surface area contributed by atoms with E-state index in [-0.39, 0.29) is 11.3 Å². The summed E-state index contributed by atoms with van der Waals surface area (Å²) in [6.45, 7) is 4.06. The summed E-state index contributed by atoms with van der Waals surface area (Å²) in [6, 6.07) is 4.90. The van der Waals surface area contributed by atoms with Crippen LogP contribution in [0.5, 0.6) is 5.75 Å². The van der Waals surface area contributed by atoms with Gasteiger partial charge in [-0.2, -0.15) is 0 Å². The molecule has 2 saturated heterocycles. The van der Waals surface area contributed by atoms with Crippen LogP contribution >= 0.6 is 0 Å². The lowest BCUT2D eigenvalue weighted by atomic mass is 9.96. The minimum Gasteiger partial charge on any atom is -0.462 e. The van der Waals surface area contributed by atoms with E-state index in [1.54, 1.807) is 19.1 Å². The van der Waals surface area contributed by atoms with Gasteiger partial charge >= 0.3 is 5.63 Å². The first-order chi connectivity index (χ1) is 17.5. The zero-order chi connectivity index (χ0) is 27.0. The third-order valence-corrected chi connectivity index (χ3v) is 6.48. The maximum absolute atomic E-state index is 11.8. The highest BCUT2D eigenvalue weighted by Gasteiger charge is 2.48. The van der Waals surface area contributed by atoms with Gasteiger partial charge in [0.1, 0.15) is 54.0 Å². The Hall–Kier alpha value is -2.62. The number of nitrogens with one attached hydrogen (secondary N) is 1. The van der Waals surface area contributed by atoms with Crippen LogP contribution in [0, 0.1) is 6.92 Å². The Bertz CT molecular complexity index is 1170. The van der Waals surface area contributed by atoms with E-state index in [1.165, 1.54) is 26.0 Å². The lowest BCUT2D eigenvalue weighted by molar-refractivity contribution is -0.311.